The Morgan fingerprint density at radius 2 is 1.96 bits per heavy atom. The highest BCUT2D eigenvalue weighted by Gasteiger charge is 2.22. The van der Waals surface area contributed by atoms with Gasteiger partial charge in [0.15, 0.2) is 0 Å². The van der Waals surface area contributed by atoms with E-state index in [1.54, 1.807) is 12.1 Å². The molecule has 0 atom stereocenters. The number of aryl methyl sites for hydroxylation is 1. The van der Waals surface area contributed by atoms with Crippen LogP contribution in [-0.2, 0) is 4.79 Å². The van der Waals surface area contributed by atoms with Crippen molar-refractivity contribution in [2.24, 2.45) is 0 Å². The molecule has 128 valence electrons. The van der Waals surface area contributed by atoms with Crippen molar-refractivity contribution < 1.29 is 9.59 Å². The van der Waals surface area contributed by atoms with Crippen LogP contribution in [0.2, 0.25) is 0 Å². The number of benzene rings is 2. The lowest BCUT2D eigenvalue weighted by atomic mass is 10.1. The Balaban J connectivity index is 1.82. The highest BCUT2D eigenvalue weighted by molar-refractivity contribution is 8.04. The molecule has 0 radical (unpaired) electrons. The van der Waals surface area contributed by atoms with Crippen molar-refractivity contribution >= 4 is 35.3 Å². The predicted octanol–water partition coefficient (Wildman–Crippen LogP) is 4.22. The summed E-state index contributed by atoms with van der Waals surface area (Å²) in [6.45, 7) is 4.68. The fourth-order valence-electron chi connectivity index (χ4n) is 2.46. The number of anilines is 1. The van der Waals surface area contributed by atoms with Crippen LogP contribution in [0.25, 0.3) is 6.08 Å². The second kappa shape index (κ2) is 7.57. The van der Waals surface area contributed by atoms with Crippen LogP contribution in [0.4, 0.5) is 5.69 Å². The Labute approximate surface area is 151 Å². The number of nitrogens with one attached hydrogen (secondary N) is 2. The van der Waals surface area contributed by atoms with Crippen LogP contribution < -0.4 is 10.6 Å². The first kappa shape index (κ1) is 17.3. The molecule has 2 aromatic rings. The molecule has 0 saturated heterocycles. The first-order valence-electron chi connectivity index (χ1n) is 8.26. The lowest BCUT2D eigenvalue weighted by molar-refractivity contribution is -0.112. The minimum atomic E-state index is -0.149. The average molecular weight is 352 g/mol. The molecule has 2 N–H and O–H groups in total. The van der Waals surface area contributed by atoms with E-state index in [1.807, 2.05) is 50.3 Å². The molecule has 4 nitrogen and oxygen atoms in total. The SMILES string of the molecule is CCCNC(=O)c1ccc2c(c1)NC(=O)/C(=C\c1ccc(C)cc1)S2. The van der Waals surface area contributed by atoms with Crippen LogP contribution >= 0.6 is 11.8 Å². The molecule has 0 aromatic heterocycles. The number of hydrogen-bond acceptors (Lipinski definition) is 3. The summed E-state index contributed by atoms with van der Waals surface area (Å²) in [7, 11) is 0. The molecule has 1 aliphatic rings. The van der Waals surface area contributed by atoms with Gasteiger partial charge >= 0.3 is 0 Å². The van der Waals surface area contributed by atoms with Crippen LogP contribution in [0.5, 0.6) is 0 Å². The quantitative estimate of drug-likeness (QED) is 0.810. The maximum absolute atomic E-state index is 12.4. The van der Waals surface area contributed by atoms with Crippen molar-refractivity contribution in [1.82, 2.24) is 5.32 Å². The van der Waals surface area contributed by atoms with Gasteiger partial charge in [0.1, 0.15) is 0 Å². The second-order valence-corrected chi connectivity index (χ2v) is 7.03. The van der Waals surface area contributed by atoms with Crippen molar-refractivity contribution in [2.45, 2.75) is 25.2 Å². The van der Waals surface area contributed by atoms with Gasteiger partial charge in [-0.3, -0.25) is 9.59 Å². The van der Waals surface area contributed by atoms with Gasteiger partial charge in [-0.05, 0) is 43.2 Å². The standard InChI is InChI=1S/C20H20N2O2S/c1-3-10-21-19(23)15-8-9-17-16(12-15)22-20(24)18(25-17)11-14-6-4-13(2)5-7-14/h4-9,11-12H,3,10H2,1-2H3,(H,21,23)(H,22,24)/b18-11+. The van der Waals surface area contributed by atoms with E-state index in [1.165, 1.54) is 17.3 Å². The van der Waals surface area contributed by atoms with E-state index in [0.717, 1.165) is 16.9 Å². The maximum Gasteiger partial charge on any atom is 0.262 e. The van der Waals surface area contributed by atoms with Gasteiger partial charge in [0, 0.05) is 17.0 Å². The summed E-state index contributed by atoms with van der Waals surface area (Å²) in [5, 5.41) is 5.73. The molecule has 0 fully saturated rings. The summed E-state index contributed by atoms with van der Waals surface area (Å²) in [6.07, 6.45) is 2.76. The molecule has 5 heteroatoms. The van der Waals surface area contributed by atoms with E-state index in [9.17, 15) is 9.59 Å². The summed E-state index contributed by atoms with van der Waals surface area (Å²) in [4.78, 5) is 26.0. The van der Waals surface area contributed by atoms with Crippen LogP contribution in [0.1, 0.15) is 34.8 Å². The van der Waals surface area contributed by atoms with Gasteiger partial charge in [-0.2, -0.15) is 0 Å². The van der Waals surface area contributed by atoms with Gasteiger partial charge in [0.05, 0.1) is 10.6 Å². The monoisotopic (exact) mass is 352 g/mol. The van der Waals surface area contributed by atoms with Gasteiger partial charge in [-0.25, -0.2) is 0 Å². The summed E-state index contributed by atoms with van der Waals surface area (Å²) in [5.74, 6) is -0.269. The molecule has 2 aromatic carbocycles. The lowest BCUT2D eigenvalue weighted by Crippen LogP contribution is -2.24. The van der Waals surface area contributed by atoms with Gasteiger partial charge in [-0.1, -0.05) is 48.5 Å². The predicted molar refractivity (Wildman–Crippen MR) is 103 cm³/mol. The van der Waals surface area contributed by atoms with Crippen molar-refractivity contribution in [2.75, 3.05) is 11.9 Å². The summed E-state index contributed by atoms with van der Waals surface area (Å²) in [6, 6.07) is 13.4. The fraction of sp³-hybridized carbons (Fsp3) is 0.200. The summed E-state index contributed by atoms with van der Waals surface area (Å²) >= 11 is 1.42. The minimum absolute atomic E-state index is 0.120. The second-order valence-electron chi connectivity index (χ2n) is 5.94. The average Bonchev–Trinajstić information content (AvgIpc) is 2.61. The zero-order valence-electron chi connectivity index (χ0n) is 14.3. The highest BCUT2D eigenvalue weighted by atomic mass is 32.2. The summed E-state index contributed by atoms with van der Waals surface area (Å²) in [5.41, 5.74) is 3.41. The molecule has 1 heterocycles. The molecule has 0 bridgehead atoms. The van der Waals surface area contributed by atoms with Gasteiger partial charge in [0.2, 0.25) is 0 Å². The van der Waals surface area contributed by atoms with Crippen molar-refractivity contribution in [3.63, 3.8) is 0 Å². The van der Waals surface area contributed by atoms with Gasteiger partial charge in [0.25, 0.3) is 11.8 Å². The number of amides is 2. The Bertz CT molecular complexity index is 841. The number of thioether (sulfide) groups is 1. The number of rotatable bonds is 4. The maximum atomic E-state index is 12.4. The van der Waals surface area contributed by atoms with Crippen LogP contribution in [0.15, 0.2) is 52.3 Å². The van der Waals surface area contributed by atoms with E-state index in [-0.39, 0.29) is 11.8 Å². The molecule has 0 unspecified atom stereocenters. The molecule has 0 aliphatic carbocycles. The van der Waals surface area contributed by atoms with E-state index in [2.05, 4.69) is 10.6 Å². The number of carbonyl (C=O) groups is 2. The van der Waals surface area contributed by atoms with Crippen molar-refractivity contribution in [3.8, 4) is 0 Å². The van der Waals surface area contributed by atoms with Crippen LogP contribution in [0.3, 0.4) is 0 Å². The van der Waals surface area contributed by atoms with E-state index < -0.39 is 0 Å². The van der Waals surface area contributed by atoms with Crippen LogP contribution in [0, 0.1) is 6.92 Å². The molecular weight excluding hydrogens is 332 g/mol. The lowest BCUT2D eigenvalue weighted by Gasteiger charge is -2.19. The topological polar surface area (TPSA) is 58.2 Å². The number of hydrogen-bond donors (Lipinski definition) is 2. The minimum Gasteiger partial charge on any atom is -0.352 e. The normalized spacial score (nSPS) is 14.8. The zero-order chi connectivity index (χ0) is 17.8. The van der Waals surface area contributed by atoms with Gasteiger partial charge in [-0.15, -0.1) is 0 Å². The number of fused-ring (bicyclic) bond motifs is 1. The third kappa shape index (κ3) is 4.12. The summed E-state index contributed by atoms with van der Waals surface area (Å²) < 4.78 is 0. The zero-order valence-corrected chi connectivity index (χ0v) is 15.1. The molecule has 0 saturated carbocycles. The largest absolute Gasteiger partial charge is 0.352 e. The molecule has 3 rings (SSSR count). The molecule has 2 amide bonds. The first-order valence-corrected chi connectivity index (χ1v) is 9.08. The Morgan fingerprint density at radius 3 is 2.68 bits per heavy atom. The van der Waals surface area contributed by atoms with Crippen molar-refractivity contribution in [3.05, 3.63) is 64.1 Å². The molecule has 25 heavy (non-hydrogen) atoms. The third-order valence-corrected chi connectivity index (χ3v) is 4.94. The Morgan fingerprint density at radius 1 is 1.20 bits per heavy atom. The number of carbonyl (C=O) groups excluding carboxylic acids is 2. The molecule has 1 aliphatic heterocycles. The molecule has 0 spiro atoms. The highest BCUT2D eigenvalue weighted by Crippen LogP contribution is 2.39. The third-order valence-electron chi connectivity index (χ3n) is 3.84. The molecular formula is C20H20N2O2S. The Kier molecular flexibility index (Phi) is 5.24. The Hall–Kier alpha value is -2.53. The van der Waals surface area contributed by atoms with Gasteiger partial charge < -0.3 is 10.6 Å². The van der Waals surface area contributed by atoms with E-state index >= 15 is 0 Å². The van der Waals surface area contributed by atoms with E-state index in [4.69, 9.17) is 0 Å². The van der Waals surface area contributed by atoms with Crippen LogP contribution in [-0.4, -0.2) is 18.4 Å². The first-order chi connectivity index (χ1) is 12.1. The smallest absolute Gasteiger partial charge is 0.262 e. The van der Waals surface area contributed by atoms with E-state index in [0.29, 0.717) is 22.7 Å². The van der Waals surface area contributed by atoms with Crippen molar-refractivity contribution in [1.29, 1.82) is 0 Å². The fourth-order valence-corrected chi connectivity index (χ4v) is 3.39.